The first-order valence-corrected chi connectivity index (χ1v) is 10.0. The average molecular weight is 410 g/mol. The van der Waals surface area contributed by atoms with Gasteiger partial charge in [-0.15, -0.1) is 0 Å². The minimum Gasteiger partial charge on any atom is -0.402 e. The van der Waals surface area contributed by atoms with E-state index in [2.05, 4.69) is 29.2 Å². The third-order valence-electron chi connectivity index (χ3n) is 4.76. The molecule has 4 nitrogen and oxygen atoms in total. The van der Waals surface area contributed by atoms with Crippen molar-refractivity contribution >= 4 is 18.9 Å². The number of halogens is 1. The Morgan fingerprint density at radius 3 is 1.79 bits per heavy atom. The Morgan fingerprint density at radius 1 is 0.793 bits per heavy atom. The fourth-order valence-corrected chi connectivity index (χ4v) is 3.50. The van der Waals surface area contributed by atoms with Crippen LogP contribution in [0.4, 0.5) is 0 Å². The van der Waals surface area contributed by atoms with Crippen LogP contribution in [0.5, 0.6) is 0 Å². The van der Waals surface area contributed by atoms with Crippen molar-refractivity contribution in [3.8, 4) is 0 Å². The first kappa shape index (κ1) is 21.6. The van der Waals surface area contributed by atoms with Crippen LogP contribution in [0.25, 0.3) is 0 Å². The number of rotatable bonds is 10. The molecule has 0 heterocycles. The molecule has 3 aromatic carbocycles. The molecule has 1 atom stereocenters. The van der Waals surface area contributed by atoms with E-state index >= 15 is 0 Å². The Kier molecular flexibility index (Phi) is 8.29. The molecular formula is C23H25BClNO3. The van der Waals surface area contributed by atoms with Gasteiger partial charge in [0.15, 0.2) is 0 Å². The highest BCUT2D eigenvalue weighted by molar-refractivity contribution is 6.32. The molecule has 3 rings (SSSR count). The monoisotopic (exact) mass is 409 g/mol. The van der Waals surface area contributed by atoms with Gasteiger partial charge >= 0.3 is 7.32 Å². The molecule has 150 valence electrons. The summed E-state index contributed by atoms with van der Waals surface area (Å²) in [7, 11) is -1.79. The lowest BCUT2D eigenvalue weighted by Crippen LogP contribution is -2.31. The van der Waals surface area contributed by atoms with Crippen LogP contribution in [0.1, 0.15) is 22.6 Å². The van der Waals surface area contributed by atoms with Crippen molar-refractivity contribution in [2.24, 2.45) is 0 Å². The van der Waals surface area contributed by atoms with Crippen molar-refractivity contribution in [3.63, 3.8) is 0 Å². The molecule has 0 aliphatic rings. The molecule has 0 saturated carbocycles. The predicted octanol–water partition coefficient (Wildman–Crippen LogP) is 4.11. The normalized spacial score (nSPS) is 12.1. The van der Waals surface area contributed by atoms with Crippen molar-refractivity contribution in [1.29, 1.82) is 0 Å². The van der Waals surface area contributed by atoms with Gasteiger partial charge in [0.05, 0.1) is 0 Å². The van der Waals surface area contributed by atoms with Gasteiger partial charge in [0.2, 0.25) is 0 Å². The van der Waals surface area contributed by atoms with Gasteiger partial charge in [0.1, 0.15) is 0 Å². The van der Waals surface area contributed by atoms with Gasteiger partial charge in [0.25, 0.3) is 0 Å². The molecule has 0 aromatic heterocycles. The molecule has 0 fully saturated rings. The summed E-state index contributed by atoms with van der Waals surface area (Å²) in [4.78, 5) is 2.34. The number of hydrogen-bond donors (Lipinski definition) is 2. The first-order valence-electron chi connectivity index (χ1n) is 9.63. The summed E-state index contributed by atoms with van der Waals surface area (Å²) in [6.07, 6.45) is 0. The van der Waals surface area contributed by atoms with Gasteiger partial charge in [-0.05, 0) is 28.8 Å². The van der Waals surface area contributed by atoms with E-state index in [4.69, 9.17) is 16.3 Å². The van der Waals surface area contributed by atoms with E-state index in [0.717, 1.165) is 18.7 Å². The largest absolute Gasteiger partial charge is 0.633 e. The van der Waals surface area contributed by atoms with Gasteiger partial charge in [-0.1, -0.05) is 84.4 Å². The summed E-state index contributed by atoms with van der Waals surface area (Å²) >= 11 is 6.04. The van der Waals surface area contributed by atoms with Crippen molar-refractivity contribution in [3.05, 3.63) is 107 Å². The second-order valence-corrected chi connectivity index (χ2v) is 7.49. The molecule has 0 saturated heterocycles. The minimum atomic E-state index is -1.79. The van der Waals surface area contributed by atoms with E-state index in [1.807, 2.05) is 60.7 Å². The fourth-order valence-electron chi connectivity index (χ4n) is 3.37. The van der Waals surface area contributed by atoms with E-state index in [1.165, 1.54) is 11.1 Å². The highest BCUT2D eigenvalue weighted by Crippen LogP contribution is 2.22. The van der Waals surface area contributed by atoms with Crippen molar-refractivity contribution in [1.82, 2.24) is 4.90 Å². The summed E-state index contributed by atoms with van der Waals surface area (Å²) in [6.45, 7) is 2.44. The highest BCUT2D eigenvalue weighted by Gasteiger charge is 2.20. The third kappa shape index (κ3) is 7.31. The van der Waals surface area contributed by atoms with Crippen LogP contribution in [0.2, 0.25) is 5.02 Å². The topological polar surface area (TPSA) is 52.9 Å². The smallest absolute Gasteiger partial charge is 0.402 e. The maximum atomic E-state index is 9.20. The molecule has 3 aromatic rings. The van der Waals surface area contributed by atoms with Crippen LogP contribution in [0.3, 0.4) is 0 Å². The molecular weight excluding hydrogens is 385 g/mol. The fraction of sp³-hybridized carbons (Fsp3) is 0.217. The molecule has 0 aliphatic heterocycles. The maximum absolute atomic E-state index is 9.20. The van der Waals surface area contributed by atoms with E-state index in [-0.39, 0.29) is 12.5 Å². The summed E-state index contributed by atoms with van der Waals surface area (Å²) < 4.78 is 5.14. The number of benzene rings is 3. The van der Waals surface area contributed by atoms with Gasteiger partial charge in [-0.2, -0.15) is 0 Å². The van der Waals surface area contributed by atoms with E-state index in [1.54, 1.807) is 0 Å². The minimum absolute atomic E-state index is 0.0403. The maximum Gasteiger partial charge on any atom is 0.633 e. The van der Waals surface area contributed by atoms with Crippen LogP contribution < -0.4 is 0 Å². The predicted molar refractivity (Wildman–Crippen MR) is 117 cm³/mol. The lowest BCUT2D eigenvalue weighted by atomic mass is 9.98. The van der Waals surface area contributed by atoms with Gasteiger partial charge in [-0.3, -0.25) is 4.90 Å². The molecule has 1 unspecified atom stereocenters. The zero-order chi connectivity index (χ0) is 20.5. The quantitative estimate of drug-likeness (QED) is 0.495. The van der Waals surface area contributed by atoms with E-state index < -0.39 is 7.32 Å². The third-order valence-corrected chi connectivity index (χ3v) is 5.02. The van der Waals surface area contributed by atoms with E-state index in [9.17, 15) is 10.0 Å². The molecule has 6 heteroatoms. The molecule has 0 radical (unpaired) electrons. The van der Waals surface area contributed by atoms with E-state index in [0.29, 0.717) is 11.6 Å². The van der Waals surface area contributed by atoms with Crippen LogP contribution in [0.15, 0.2) is 84.9 Å². The van der Waals surface area contributed by atoms with Crippen LogP contribution in [-0.4, -0.2) is 35.4 Å². The van der Waals surface area contributed by atoms with Crippen molar-refractivity contribution in [2.75, 3.05) is 13.2 Å². The van der Waals surface area contributed by atoms with Crippen molar-refractivity contribution in [2.45, 2.75) is 19.0 Å². The average Bonchev–Trinajstić information content (AvgIpc) is 2.73. The number of nitrogens with zero attached hydrogens (tertiary/aromatic N) is 1. The summed E-state index contributed by atoms with van der Waals surface area (Å²) in [6, 6.07) is 28.3. The Hall–Kier alpha value is -2.15. The summed E-state index contributed by atoms with van der Waals surface area (Å²) in [5.41, 5.74) is 3.49. The van der Waals surface area contributed by atoms with Gasteiger partial charge in [0, 0.05) is 37.2 Å². The molecule has 29 heavy (non-hydrogen) atoms. The second-order valence-electron chi connectivity index (χ2n) is 7.05. The van der Waals surface area contributed by atoms with Gasteiger partial charge < -0.3 is 14.7 Å². The molecule has 0 spiro atoms. The summed E-state index contributed by atoms with van der Waals surface area (Å²) in [5.74, 6) is -0.0403. The molecule has 0 aliphatic carbocycles. The zero-order valence-electron chi connectivity index (χ0n) is 16.2. The Bertz CT molecular complexity index is 806. The molecule has 2 N–H and O–H groups in total. The Morgan fingerprint density at radius 2 is 1.31 bits per heavy atom. The highest BCUT2D eigenvalue weighted by atomic mass is 35.5. The Balaban J connectivity index is 1.81. The standard InChI is InChI=1S/C23H25BClNO3/c25-23-13-11-21(12-14-23)22(18-29-24(27)28)17-26(15-19-7-3-1-4-8-19)16-20-9-5-2-6-10-20/h1-14,22,27-28H,15-18H2. The molecule has 0 bridgehead atoms. The first-order chi connectivity index (χ1) is 14.1. The SMILES string of the molecule is OB(O)OCC(CN(Cc1ccccc1)Cc1ccccc1)c1ccc(Cl)cc1. The lowest BCUT2D eigenvalue weighted by molar-refractivity contribution is 0.149. The van der Waals surface area contributed by atoms with Crippen LogP contribution >= 0.6 is 11.6 Å². The summed E-state index contributed by atoms with van der Waals surface area (Å²) in [5, 5.41) is 19.1. The lowest BCUT2D eigenvalue weighted by Gasteiger charge is -2.28. The molecule has 0 amide bonds. The zero-order valence-corrected chi connectivity index (χ0v) is 16.9. The van der Waals surface area contributed by atoms with Crippen LogP contribution in [0, 0.1) is 0 Å². The van der Waals surface area contributed by atoms with Crippen molar-refractivity contribution < 1.29 is 14.7 Å². The van der Waals surface area contributed by atoms with Crippen LogP contribution in [-0.2, 0) is 17.7 Å². The van der Waals surface area contributed by atoms with Gasteiger partial charge in [-0.25, -0.2) is 0 Å². The Labute approximate surface area is 177 Å². The number of hydrogen-bond acceptors (Lipinski definition) is 4. The second kappa shape index (κ2) is 11.1.